The predicted octanol–water partition coefficient (Wildman–Crippen LogP) is 8.05. The molecule has 0 radical (unpaired) electrons. The van der Waals surface area contributed by atoms with Gasteiger partial charge in [0.05, 0.1) is 5.39 Å². The van der Waals surface area contributed by atoms with E-state index in [1.165, 1.54) is 5.69 Å². The van der Waals surface area contributed by atoms with Crippen molar-refractivity contribution in [1.29, 1.82) is 0 Å². The van der Waals surface area contributed by atoms with Crippen molar-refractivity contribution < 1.29 is 9.53 Å². The average Bonchev–Trinajstić information content (AvgIpc) is 3.02. The Labute approximate surface area is 301 Å². The van der Waals surface area contributed by atoms with Gasteiger partial charge in [-0.05, 0) is 80.7 Å². The van der Waals surface area contributed by atoms with Crippen LogP contribution in [0.2, 0.25) is 16.6 Å². The van der Waals surface area contributed by atoms with Gasteiger partial charge in [0.25, 0.3) is 0 Å². The maximum Gasteiger partial charge on any atom is 0.407 e. The van der Waals surface area contributed by atoms with Crippen molar-refractivity contribution in [2.24, 2.45) is 5.92 Å². The van der Waals surface area contributed by atoms with Crippen LogP contribution >= 0.6 is 0 Å². The molecule has 10 nitrogen and oxygen atoms in total. The normalized spacial score (nSPS) is 15.0. The maximum atomic E-state index is 12.5. The summed E-state index contributed by atoms with van der Waals surface area (Å²) in [6.45, 7) is 28.3. The van der Waals surface area contributed by atoms with Crippen LogP contribution in [0.5, 0.6) is 0 Å². The fraction of sp³-hybridized carbons (Fsp3) is 0.590. The van der Waals surface area contributed by atoms with E-state index in [-0.39, 0.29) is 12.0 Å². The van der Waals surface area contributed by atoms with E-state index in [9.17, 15) is 4.79 Å². The van der Waals surface area contributed by atoms with Gasteiger partial charge < -0.3 is 30.5 Å². The number of carbonyl (C=O) groups is 1. The lowest BCUT2D eigenvalue weighted by Gasteiger charge is -2.38. The molecule has 1 unspecified atom stereocenters. The highest BCUT2D eigenvalue weighted by molar-refractivity contribution is 6.90. The number of hydrogen-bond acceptors (Lipinski definition) is 9. The summed E-state index contributed by atoms with van der Waals surface area (Å²) < 4.78 is 5.48. The number of alkyl carbamates (subject to hydrolysis) is 1. The number of likely N-dealkylation sites (N-methyl/N-ethyl adjacent to an activating group) is 1. The van der Waals surface area contributed by atoms with Crippen molar-refractivity contribution in [2.75, 3.05) is 55.3 Å². The molecule has 0 aliphatic carbocycles. The Hall–Kier alpha value is -3.88. The Morgan fingerprint density at radius 3 is 2.12 bits per heavy atom. The van der Waals surface area contributed by atoms with Crippen LogP contribution in [0.15, 0.2) is 36.5 Å². The largest absolute Gasteiger partial charge is 0.444 e. The molecular weight excluding hydrogens is 641 g/mol. The third-order valence-electron chi connectivity index (χ3n) is 9.84. The van der Waals surface area contributed by atoms with E-state index in [1.54, 1.807) is 0 Å². The van der Waals surface area contributed by atoms with Crippen molar-refractivity contribution in [1.82, 2.24) is 25.2 Å². The number of amides is 1. The predicted molar refractivity (Wildman–Crippen MR) is 211 cm³/mol. The molecule has 4 rings (SSSR count). The van der Waals surface area contributed by atoms with Crippen molar-refractivity contribution in [2.45, 2.75) is 104 Å². The molecule has 0 bridgehead atoms. The lowest BCUT2D eigenvalue weighted by Crippen LogP contribution is -2.44. The second kappa shape index (κ2) is 16.4. The highest BCUT2D eigenvalue weighted by Crippen LogP contribution is 2.41. The number of anilines is 4. The van der Waals surface area contributed by atoms with Crippen LogP contribution < -0.4 is 20.9 Å². The number of aromatic nitrogens is 3. The Morgan fingerprint density at radius 1 is 0.940 bits per heavy atom. The summed E-state index contributed by atoms with van der Waals surface area (Å²) >= 11 is 0. The zero-order valence-corrected chi connectivity index (χ0v) is 33.4. The first kappa shape index (κ1) is 38.9. The number of nitrogens with one attached hydrogen (secondary N) is 3. The molecule has 1 aliphatic rings. The monoisotopic (exact) mass is 700 g/mol. The zero-order valence-electron chi connectivity index (χ0n) is 32.4. The van der Waals surface area contributed by atoms with Crippen LogP contribution in [0.4, 0.5) is 27.9 Å². The minimum Gasteiger partial charge on any atom is -0.444 e. The van der Waals surface area contributed by atoms with Gasteiger partial charge in [0, 0.05) is 61.9 Å². The minimum atomic E-state index is -2.02. The molecule has 3 heterocycles. The van der Waals surface area contributed by atoms with Gasteiger partial charge in [0.15, 0.2) is 5.65 Å². The summed E-state index contributed by atoms with van der Waals surface area (Å²) in [5, 5.41) is 10.7. The third-order valence-corrected chi connectivity index (χ3v) is 16.1. The summed E-state index contributed by atoms with van der Waals surface area (Å²) in [6, 6.07) is 10.3. The molecule has 11 heteroatoms. The molecule has 1 aliphatic heterocycles. The highest BCUT2D eigenvalue weighted by atomic mass is 28.3. The lowest BCUT2D eigenvalue weighted by atomic mass is 10.0. The maximum absolute atomic E-state index is 12.5. The Balaban J connectivity index is 1.69. The van der Waals surface area contributed by atoms with E-state index in [4.69, 9.17) is 19.7 Å². The molecule has 50 heavy (non-hydrogen) atoms. The number of pyridine rings is 1. The van der Waals surface area contributed by atoms with E-state index < -0.39 is 19.8 Å². The molecular formula is C39H60N8O2Si. The van der Waals surface area contributed by atoms with Crippen molar-refractivity contribution in [3.05, 3.63) is 42.1 Å². The minimum absolute atomic E-state index is 0.109. The first-order valence-electron chi connectivity index (χ1n) is 18.2. The molecule has 0 saturated carbocycles. The van der Waals surface area contributed by atoms with Gasteiger partial charge >= 0.3 is 6.09 Å². The van der Waals surface area contributed by atoms with Crippen molar-refractivity contribution in [3.8, 4) is 11.5 Å². The first-order valence-corrected chi connectivity index (χ1v) is 20.5. The van der Waals surface area contributed by atoms with Gasteiger partial charge in [-0.1, -0.05) is 61.3 Å². The fourth-order valence-corrected chi connectivity index (χ4v) is 12.2. The topological polar surface area (TPSA) is 108 Å². The molecule has 3 N–H and O–H groups in total. The summed E-state index contributed by atoms with van der Waals surface area (Å²) in [5.41, 5.74) is 8.33. The van der Waals surface area contributed by atoms with E-state index in [0.717, 1.165) is 42.8 Å². The van der Waals surface area contributed by atoms with Gasteiger partial charge in [-0.15, -0.1) is 5.54 Å². The number of hydrogen-bond donors (Lipinski definition) is 3. The number of nitrogens with zero attached hydrogens (tertiary/aromatic N) is 5. The second-order valence-corrected chi connectivity index (χ2v) is 21.6. The SMILES string of the molecule is CC(C)C(CNC(=O)OC(C)(C)C)Nc1cc(C#C[Si](C(C)C)(C(C)C)C(C)C)c2cnc(Nc3ccc(N4CCN(C)CC4)cc3)nc2n1. The second-order valence-electron chi connectivity index (χ2n) is 16.0. The molecule has 0 spiro atoms. The summed E-state index contributed by atoms with van der Waals surface area (Å²) in [4.78, 5) is 31.8. The molecule has 1 atom stereocenters. The quantitative estimate of drug-likeness (QED) is 0.135. The molecule has 1 aromatic carbocycles. The summed E-state index contributed by atoms with van der Waals surface area (Å²) in [7, 11) is 0.153. The number of ether oxygens (including phenoxy) is 1. The third kappa shape index (κ3) is 9.88. The molecule has 272 valence electrons. The summed E-state index contributed by atoms with van der Waals surface area (Å²) in [6.07, 6.45) is 1.39. The van der Waals surface area contributed by atoms with Gasteiger partial charge in [-0.2, -0.15) is 4.98 Å². The van der Waals surface area contributed by atoms with E-state index in [0.29, 0.717) is 40.6 Å². The van der Waals surface area contributed by atoms with E-state index in [2.05, 4.69) is 124 Å². The Bertz CT molecular complexity index is 1630. The number of fused-ring (bicyclic) bond motifs is 1. The number of benzene rings is 1. The molecule has 1 amide bonds. The van der Waals surface area contributed by atoms with Crippen molar-refractivity contribution in [3.63, 3.8) is 0 Å². The number of carbonyl (C=O) groups excluding carboxylic acids is 1. The molecule has 1 saturated heterocycles. The Morgan fingerprint density at radius 2 is 1.56 bits per heavy atom. The first-order chi connectivity index (χ1) is 23.5. The van der Waals surface area contributed by atoms with Crippen LogP contribution in [-0.2, 0) is 4.74 Å². The number of rotatable bonds is 11. The zero-order chi connectivity index (χ0) is 36.8. The van der Waals surface area contributed by atoms with Crippen LogP contribution in [0.25, 0.3) is 11.0 Å². The molecule has 2 aromatic heterocycles. The lowest BCUT2D eigenvalue weighted by molar-refractivity contribution is 0.0523. The van der Waals surface area contributed by atoms with Gasteiger partial charge in [0.1, 0.15) is 19.5 Å². The Kier molecular flexibility index (Phi) is 12.8. The van der Waals surface area contributed by atoms with Gasteiger partial charge in [0.2, 0.25) is 5.95 Å². The van der Waals surface area contributed by atoms with Crippen LogP contribution in [0, 0.1) is 17.4 Å². The summed E-state index contributed by atoms with van der Waals surface area (Å²) in [5.74, 6) is 4.95. The average molecular weight is 701 g/mol. The van der Waals surface area contributed by atoms with Gasteiger partial charge in [-0.25, -0.2) is 14.8 Å². The highest BCUT2D eigenvalue weighted by Gasteiger charge is 2.41. The number of piperazine rings is 1. The van der Waals surface area contributed by atoms with Crippen LogP contribution in [0.3, 0.4) is 0 Å². The fourth-order valence-electron chi connectivity index (χ4n) is 6.96. The standard InChI is InChI=1S/C39H60N8O2Si/c1-26(2)34(25-41-38(48)49-39(9,10)11)43-35-23-30(17-22-50(27(3)4,28(5)6)29(7)8)33-24-40-37(45-36(33)44-35)42-31-13-15-32(16-14-31)47-20-18-46(12)19-21-47/h13-16,23-24,26-29,34H,18-21,25H2,1-12H3,(H,41,48)(H2,40,42,43,44,45). The van der Waals surface area contributed by atoms with Crippen molar-refractivity contribution >= 4 is 48.3 Å². The molecule has 3 aromatic rings. The van der Waals surface area contributed by atoms with Gasteiger partial charge in [-0.3, -0.25) is 0 Å². The smallest absolute Gasteiger partial charge is 0.407 e. The van der Waals surface area contributed by atoms with E-state index >= 15 is 0 Å². The van der Waals surface area contributed by atoms with Crippen LogP contribution in [0.1, 0.15) is 81.7 Å². The van der Waals surface area contributed by atoms with E-state index in [1.807, 2.05) is 33.0 Å². The van der Waals surface area contributed by atoms with Crippen LogP contribution in [-0.4, -0.2) is 85.4 Å². The molecule has 1 fully saturated rings.